The SMILES string of the molecule is O=C(O)C1(C2CCC(F)(F)CC2)CC1. The van der Waals surface area contributed by atoms with Gasteiger partial charge in [0.25, 0.3) is 0 Å². The fraction of sp³-hybridized carbons (Fsp3) is 0.900. The molecule has 2 saturated carbocycles. The molecule has 0 spiro atoms. The highest BCUT2D eigenvalue weighted by atomic mass is 19.3. The quantitative estimate of drug-likeness (QED) is 0.750. The van der Waals surface area contributed by atoms with Crippen molar-refractivity contribution in [2.24, 2.45) is 11.3 Å². The molecule has 0 unspecified atom stereocenters. The Morgan fingerprint density at radius 1 is 1.14 bits per heavy atom. The molecular formula is C10H14F2O2. The molecule has 0 atom stereocenters. The number of halogens is 2. The first-order valence-corrected chi connectivity index (χ1v) is 5.08. The van der Waals surface area contributed by atoms with E-state index in [2.05, 4.69) is 0 Å². The van der Waals surface area contributed by atoms with Crippen LogP contribution in [0.2, 0.25) is 0 Å². The Hall–Kier alpha value is -0.670. The number of aliphatic carboxylic acids is 1. The fourth-order valence-corrected chi connectivity index (χ4v) is 2.52. The zero-order valence-electron chi connectivity index (χ0n) is 7.93. The lowest BCUT2D eigenvalue weighted by Crippen LogP contribution is -2.33. The van der Waals surface area contributed by atoms with Crippen LogP contribution in [0.1, 0.15) is 38.5 Å². The summed E-state index contributed by atoms with van der Waals surface area (Å²) >= 11 is 0. The Labute approximate surface area is 81.3 Å². The molecule has 0 bridgehead atoms. The van der Waals surface area contributed by atoms with Crippen LogP contribution in [-0.2, 0) is 4.79 Å². The van der Waals surface area contributed by atoms with E-state index < -0.39 is 17.3 Å². The third kappa shape index (κ3) is 1.51. The van der Waals surface area contributed by atoms with E-state index in [1.807, 2.05) is 0 Å². The molecule has 2 nitrogen and oxygen atoms in total. The number of carbonyl (C=O) groups is 1. The summed E-state index contributed by atoms with van der Waals surface area (Å²) in [6, 6.07) is 0. The second kappa shape index (κ2) is 2.91. The molecule has 0 aliphatic heterocycles. The number of rotatable bonds is 2. The first-order valence-electron chi connectivity index (χ1n) is 5.08. The molecule has 0 heterocycles. The molecule has 0 radical (unpaired) electrons. The Kier molecular flexibility index (Phi) is 2.05. The van der Waals surface area contributed by atoms with Crippen molar-refractivity contribution in [2.75, 3.05) is 0 Å². The van der Waals surface area contributed by atoms with Gasteiger partial charge in [-0.1, -0.05) is 0 Å². The van der Waals surface area contributed by atoms with Crippen molar-refractivity contribution >= 4 is 5.97 Å². The van der Waals surface area contributed by atoms with Gasteiger partial charge in [-0.15, -0.1) is 0 Å². The predicted octanol–water partition coefficient (Wildman–Crippen LogP) is 2.68. The predicted molar refractivity (Wildman–Crippen MR) is 46.2 cm³/mol. The van der Waals surface area contributed by atoms with Crippen LogP contribution in [0.4, 0.5) is 8.78 Å². The lowest BCUT2D eigenvalue weighted by atomic mass is 9.76. The average molecular weight is 204 g/mol. The van der Waals surface area contributed by atoms with Gasteiger partial charge in [0.1, 0.15) is 0 Å². The van der Waals surface area contributed by atoms with Crippen LogP contribution in [0.3, 0.4) is 0 Å². The molecule has 1 N–H and O–H groups in total. The van der Waals surface area contributed by atoms with E-state index in [-0.39, 0.29) is 18.8 Å². The van der Waals surface area contributed by atoms with Crippen LogP contribution >= 0.6 is 0 Å². The summed E-state index contributed by atoms with van der Waals surface area (Å²) in [5, 5.41) is 9.00. The number of carboxylic acid groups (broad SMARTS) is 1. The van der Waals surface area contributed by atoms with Gasteiger partial charge in [0.05, 0.1) is 5.41 Å². The van der Waals surface area contributed by atoms with Crippen LogP contribution in [0, 0.1) is 11.3 Å². The van der Waals surface area contributed by atoms with E-state index in [1.54, 1.807) is 0 Å². The summed E-state index contributed by atoms with van der Waals surface area (Å²) in [4.78, 5) is 11.0. The molecule has 2 rings (SSSR count). The van der Waals surface area contributed by atoms with E-state index in [0.29, 0.717) is 25.7 Å². The minimum atomic E-state index is -2.55. The van der Waals surface area contributed by atoms with Crippen LogP contribution < -0.4 is 0 Å². The van der Waals surface area contributed by atoms with Gasteiger partial charge in [-0.25, -0.2) is 8.78 Å². The van der Waals surface area contributed by atoms with Gasteiger partial charge < -0.3 is 5.11 Å². The van der Waals surface area contributed by atoms with Gasteiger partial charge in [-0.05, 0) is 31.6 Å². The van der Waals surface area contributed by atoms with Crippen molar-refractivity contribution in [2.45, 2.75) is 44.4 Å². The third-order valence-electron chi connectivity index (χ3n) is 3.71. The van der Waals surface area contributed by atoms with Crippen molar-refractivity contribution in [1.29, 1.82) is 0 Å². The van der Waals surface area contributed by atoms with Gasteiger partial charge in [-0.3, -0.25) is 4.79 Å². The molecule has 0 saturated heterocycles. The second-order valence-electron chi connectivity index (χ2n) is 4.59. The van der Waals surface area contributed by atoms with Crippen molar-refractivity contribution < 1.29 is 18.7 Å². The molecule has 80 valence electrons. The van der Waals surface area contributed by atoms with Gasteiger partial charge >= 0.3 is 5.97 Å². The summed E-state index contributed by atoms with van der Waals surface area (Å²) in [6.45, 7) is 0. The monoisotopic (exact) mass is 204 g/mol. The maximum Gasteiger partial charge on any atom is 0.309 e. The Bertz CT molecular complexity index is 249. The second-order valence-corrected chi connectivity index (χ2v) is 4.59. The molecule has 0 aromatic heterocycles. The largest absolute Gasteiger partial charge is 0.481 e. The van der Waals surface area contributed by atoms with Crippen LogP contribution in [0.15, 0.2) is 0 Å². The lowest BCUT2D eigenvalue weighted by Gasteiger charge is -2.31. The van der Waals surface area contributed by atoms with E-state index in [0.717, 1.165) is 0 Å². The minimum Gasteiger partial charge on any atom is -0.481 e. The summed E-state index contributed by atoms with van der Waals surface area (Å²) in [5.41, 5.74) is -0.628. The lowest BCUT2D eigenvalue weighted by molar-refractivity contribution is -0.148. The number of carboxylic acids is 1. The summed E-state index contributed by atoms with van der Waals surface area (Å²) < 4.78 is 25.7. The summed E-state index contributed by atoms with van der Waals surface area (Å²) in [5.74, 6) is -3.35. The molecule has 0 amide bonds. The normalized spacial score (nSPS) is 29.9. The van der Waals surface area contributed by atoms with Crippen molar-refractivity contribution in [3.05, 3.63) is 0 Å². The number of alkyl halides is 2. The van der Waals surface area contributed by atoms with Crippen molar-refractivity contribution in [3.8, 4) is 0 Å². The van der Waals surface area contributed by atoms with E-state index >= 15 is 0 Å². The number of hydrogen-bond acceptors (Lipinski definition) is 1. The zero-order chi connectivity index (χ0) is 10.4. The van der Waals surface area contributed by atoms with E-state index in [9.17, 15) is 13.6 Å². The summed E-state index contributed by atoms with van der Waals surface area (Å²) in [7, 11) is 0. The fourth-order valence-electron chi connectivity index (χ4n) is 2.52. The highest BCUT2D eigenvalue weighted by Crippen LogP contribution is 2.57. The van der Waals surface area contributed by atoms with Crippen LogP contribution in [0.5, 0.6) is 0 Å². The van der Waals surface area contributed by atoms with Gasteiger partial charge in [0, 0.05) is 12.8 Å². The smallest absolute Gasteiger partial charge is 0.309 e. The Morgan fingerprint density at radius 2 is 1.64 bits per heavy atom. The third-order valence-corrected chi connectivity index (χ3v) is 3.71. The zero-order valence-corrected chi connectivity index (χ0v) is 7.93. The minimum absolute atomic E-state index is 0.0142. The number of hydrogen-bond donors (Lipinski definition) is 1. The topological polar surface area (TPSA) is 37.3 Å². The highest BCUT2D eigenvalue weighted by Gasteiger charge is 2.57. The van der Waals surface area contributed by atoms with Gasteiger partial charge in [0.2, 0.25) is 5.92 Å². The molecule has 0 aromatic rings. The Morgan fingerprint density at radius 3 is 2.00 bits per heavy atom. The molecular weight excluding hydrogens is 190 g/mol. The highest BCUT2D eigenvalue weighted by molar-refractivity contribution is 5.78. The van der Waals surface area contributed by atoms with E-state index in [4.69, 9.17) is 5.11 Å². The van der Waals surface area contributed by atoms with Gasteiger partial charge in [-0.2, -0.15) is 0 Å². The molecule has 4 heteroatoms. The maximum absolute atomic E-state index is 12.8. The first kappa shape index (κ1) is 9.87. The molecule has 14 heavy (non-hydrogen) atoms. The van der Waals surface area contributed by atoms with Crippen LogP contribution in [-0.4, -0.2) is 17.0 Å². The average Bonchev–Trinajstić information content (AvgIpc) is 2.84. The van der Waals surface area contributed by atoms with Crippen molar-refractivity contribution in [3.63, 3.8) is 0 Å². The van der Waals surface area contributed by atoms with E-state index in [1.165, 1.54) is 0 Å². The molecule has 2 fully saturated rings. The standard InChI is InChI=1S/C10H14F2O2/c11-10(12)3-1-7(2-4-10)9(5-6-9)8(13)14/h7H,1-6H2,(H,13,14). The molecule has 2 aliphatic rings. The Balaban J connectivity index is 1.99. The van der Waals surface area contributed by atoms with Crippen LogP contribution in [0.25, 0.3) is 0 Å². The first-order chi connectivity index (χ1) is 6.46. The van der Waals surface area contributed by atoms with Crippen molar-refractivity contribution in [1.82, 2.24) is 0 Å². The molecule has 2 aliphatic carbocycles. The van der Waals surface area contributed by atoms with Gasteiger partial charge in [0.15, 0.2) is 0 Å². The summed E-state index contributed by atoms with van der Waals surface area (Å²) in [6.07, 6.45) is 1.84. The maximum atomic E-state index is 12.8. The molecule has 0 aromatic carbocycles.